The van der Waals surface area contributed by atoms with Gasteiger partial charge in [0.25, 0.3) is 0 Å². The summed E-state index contributed by atoms with van der Waals surface area (Å²) in [6.45, 7) is 0.880. The van der Waals surface area contributed by atoms with Crippen molar-refractivity contribution < 1.29 is 0 Å². The molecule has 0 radical (unpaired) electrons. The number of benzene rings is 2. The van der Waals surface area contributed by atoms with Gasteiger partial charge in [-0.05, 0) is 17.7 Å². The Labute approximate surface area is 113 Å². The summed E-state index contributed by atoms with van der Waals surface area (Å²) in [5.74, 6) is 0. The second kappa shape index (κ2) is 9.27. The monoisotopic (exact) mass is 249 g/mol. The second-order valence-corrected chi connectivity index (χ2v) is 3.70. The number of nitriles is 2. The smallest absolute Gasteiger partial charge is 0.122 e. The Kier molecular flexibility index (Phi) is 6.97. The lowest BCUT2D eigenvalue weighted by atomic mass is 10.2. The first-order valence-corrected chi connectivity index (χ1v) is 5.93. The molecule has 2 aromatic rings. The number of nitrogens with zero attached hydrogens (tertiary/aromatic N) is 2. The van der Waals surface area contributed by atoms with Gasteiger partial charge in [-0.25, -0.2) is 0 Å². The van der Waals surface area contributed by atoms with Crippen LogP contribution in [-0.2, 0) is 6.54 Å². The van der Waals surface area contributed by atoms with E-state index in [4.69, 9.17) is 10.5 Å². The zero-order valence-electron chi connectivity index (χ0n) is 10.6. The summed E-state index contributed by atoms with van der Waals surface area (Å²) in [7, 11) is 0. The minimum absolute atomic E-state index is 0. The fourth-order valence-corrected chi connectivity index (χ4v) is 1.39. The number of para-hydroxylation sites is 1. The number of hydrogen-bond donors (Lipinski definition) is 1. The van der Waals surface area contributed by atoms with Crippen LogP contribution in [0, 0.1) is 22.7 Å². The molecular formula is C16H15N3. The molecule has 94 valence electrons. The van der Waals surface area contributed by atoms with Crippen LogP contribution < -0.4 is 5.32 Å². The van der Waals surface area contributed by atoms with Crippen LogP contribution in [0.15, 0.2) is 60.7 Å². The van der Waals surface area contributed by atoms with E-state index in [-0.39, 0.29) is 6.42 Å². The largest absolute Gasteiger partial charge is 0.381 e. The summed E-state index contributed by atoms with van der Waals surface area (Å²) >= 11 is 0. The van der Waals surface area contributed by atoms with Crippen LogP contribution >= 0.6 is 0 Å². The molecule has 3 heteroatoms. The molecule has 0 aliphatic rings. The highest BCUT2D eigenvalue weighted by Crippen LogP contribution is 2.07. The maximum absolute atomic E-state index is 7.59. The van der Waals surface area contributed by atoms with Crippen LogP contribution in [0.25, 0.3) is 0 Å². The molecule has 0 saturated carbocycles. The third-order valence-electron chi connectivity index (χ3n) is 2.27. The predicted octanol–water partition coefficient (Wildman–Crippen LogP) is 3.72. The van der Waals surface area contributed by atoms with Crippen molar-refractivity contribution in [3.8, 4) is 12.1 Å². The Morgan fingerprint density at radius 1 is 0.789 bits per heavy atom. The molecule has 0 saturated heterocycles. The van der Waals surface area contributed by atoms with Gasteiger partial charge in [0, 0.05) is 12.2 Å². The molecular weight excluding hydrogens is 234 g/mol. The molecule has 3 nitrogen and oxygen atoms in total. The highest BCUT2D eigenvalue weighted by atomic mass is 14.9. The van der Waals surface area contributed by atoms with E-state index in [2.05, 4.69) is 41.7 Å². The van der Waals surface area contributed by atoms with E-state index in [9.17, 15) is 0 Å². The van der Waals surface area contributed by atoms with E-state index >= 15 is 0 Å². The third kappa shape index (κ3) is 6.51. The van der Waals surface area contributed by atoms with Gasteiger partial charge in [0.05, 0.1) is 12.1 Å². The minimum atomic E-state index is 0. The Morgan fingerprint density at radius 3 is 1.79 bits per heavy atom. The van der Waals surface area contributed by atoms with Crippen LogP contribution in [0.5, 0.6) is 0 Å². The number of nitrogens with one attached hydrogen (secondary N) is 1. The molecule has 1 N–H and O–H groups in total. The average Bonchev–Trinajstić information content (AvgIpc) is 2.49. The molecule has 0 spiro atoms. The van der Waals surface area contributed by atoms with Gasteiger partial charge < -0.3 is 5.32 Å². The molecule has 2 aromatic carbocycles. The molecule has 0 bridgehead atoms. The van der Waals surface area contributed by atoms with Crippen LogP contribution in [0.1, 0.15) is 12.0 Å². The highest BCUT2D eigenvalue weighted by molar-refractivity contribution is 5.43. The van der Waals surface area contributed by atoms with Crippen LogP contribution in [0.3, 0.4) is 0 Å². The number of hydrogen-bond acceptors (Lipinski definition) is 3. The molecule has 0 aliphatic carbocycles. The topological polar surface area (TPSA) is 59.6 Å². The standard InChI is InChI=1S/C13H13N.C3H2N2/c1-3-7-12(8-4-1)11-14-13-9-5-2-6-10-13;4-2-1-3-5/h1-10,14H,11H2;1H2. The predicted molar refractivity (Wildman–Crippen MR) is 76.1 cm³/mol. The Hall–Kier alpha value is -2.78. The number of rotatable bonds is 3. The van der Waals surface area contributed by atoms with E-state index in [0.717, 1.165) is 12.2 Å². The fourth-order valence-electron chi connectivity index (χ4n) is 1.39. The third-order valence-corrected chi connectivity index (χ3v) is 2.27. The highest BCUT2D eigenvalue weighted by Gasteiger charge is 1.90. The Bertz CT molecular complexity index is 484. The van der Waals surface area contributed by atoms with E-state index in [0.29, 0.717) is 0 Å². The summed E-state index contributed by atoms with van der Waals surface area (Å²) in [5, 5.41) is 18.5. The van der Waals surface area contributed by atoms with Gasteiger partial charge in [-0.1, -0.05) is 48.5 Å². The lowest BCUT2D eigenvalue weighted by Gasteiger charge is -2.05. The van der Waals surface area contributed by atoms with E-state index in [1.54, 1.807) is 12.1 Å². The van der Waals surface area contributed by atoms with Gasteiger partial charge in [-0.2, -0.15) is 10.5 Å². The fraction of sp³-hybridized carbons (Fsp3) is 0.125. The van der Waals surface area contributed by atoms with Crippen LogP contribution in [0.4, 0.5) is 5.69 Å². The molecule has 2 rings (SSSR count). The maximum atomic E-state index is 7.59. The zero-order valence-corrected chi connectivity index (χ0v) is 10.6. The van der Waals surface area contributed by atoms with Crippen molar-refractivity contribution in [3.63, 3.8) is 0 Å². The average molecular weight is 249 g/mol. The SMILES string of the molecule is N#CCC#N.c1ccc(CNc2ccccc2)cc1. The summed E-state index contributed by atoms with van der Waals surface area (Å²) in [6, 6.07) is 23.9. The van der Waals surface area contributed by atoms with Gasteiger partial charge in [-0.15, -0.1) is 0 Å². The lowest BCUT2D eigenvalue weighted by molar-refractivity contribution is 1.15. The summed E-state index contributed by atoms with van der Waals surface area (Å²) in [4.78, 5) is 0. The van der Waals surface area contributed by atoms with Crippen LogP contribution in [0.2, 0.25) is 0 Å². The van der Waals surface area contributed by atoms with Gasteiger partial charge >= 0.3 is 0 Å². The summed E-state index contributed by atoms with van der Waals surface area (Å²) in [6.07, 6.45) is 0. The number of anilines is 1. The first kappa shape index (κ1) is 14.3. The normalized spacial score (nSPS) is 8.32. The van der Waals surface area contributed by atoms with Crippen molar-refractivity contribution >= 4 is 5.69 Å². The van der Waals surface area contributed by atoms with Crippen molar-refractivity contribution in [2.75, 3.05) is 5.32 Å². The molecule has 0 unspecified atom stereocenters. The zero-order chi connectivity index (χ0) is 13.8. The summed E-state index contributed by atoms with van der Waals surface area (Å²) < 4.78 is 0. The Balaban J connectivity index is 0.000000312. The molecule has 19 heavy (non-hydrogen) atoms. The van der Waals surface area contributed by atoms with Gasteiger partial charge in [0.15, 0.2) is 0 Å². The molecule has 0 aliphatic heterocycles. The van der Waals surface area contributed by atoms with E-state index in [1.165, 1.54) is 5.56 Å². The van der Waals surface area contributed by atoms with Crippen molar-refractivity contribution in [2.24, 2.45) is 0 Å². The quantitative estimate of drug-likeness (QED) is 0.901. The van der Waals surface area contributed by atoms with Crippen molar-refractivity contribution in [1.82, 2.24) is 0 Å². The van der Waals surface area contributed by atoms with E-state index in [1.807, 2.05) is 24.3 Å². The maximum Gasteiger partial charge on any atom is 0.122 e. The van der Waals surface area contributed by atoms with Gasteiger partial charge in [0.1, 0.15) is 6.42 Å². The minimum Gasteiger partial charge on any atom is -0.381 e. The molecule has 0 fully saturated rings. The second-order valence-electron chi connectivity index (χ2n) is 3.70. The molecule has 0 heterocycles. The Morgan fingerprint density at radius 2 is 1.32 bits per heavy atom. The first-order valence-electron chi connectivity index (χ1n) is 5.93. The first-order chi connectivity index (χ1) is 9.36. The van der Waals surface area contributed by atoms with Crippen molar-refractivity contribution in [3.05, 3.63) is 66.2 Å². The lowest BCUT2D eigenvalue weighted by Crippen LogP contribution is -1.98. The van der Waals surface area contributed by atoms with Crippen LogP contribution in [-0.4, -0.2) is 0 Å². The van der Waals surface area contributed by atoms with Gasteiger partial charge in [0.2, 0.25) is 0 Å². The molecule has 0 atom stereocenters. The van der Waals surface area contributed by atoms with Crippen molar-refractivity contribution in [1.29, 1.82) is 10.5 Å². The van der Waals surface area contributed by atoms with Gasteiger partial charge in [-0.3, -0.25) is 0 Å². The van der Waals surface area contributed by atoms with E-state index < -0.39 is 0 Å². The molecule has 0 aromatic heterocycles. The molecule has 0 amide bonds. The summed E-state index contributed by atoms with van der Waals surface area (Å²) in [5.41, 5.74) is 2.47. The van der Waals surface area contributed by atoms with Crippen molar-refractivity contribution in [2.45, 2.75) is 13.0 Å².